The van der Waals surface area contributed by atoms with Crippen LogP contribution in [-0.2, 0) is 52.3 Å². The molecule has 0 aromatic heterocycles. The lowest BCUT2D eigenvalue weighted by Crippen LogP contribution is -2.41. The van der Waals surface area contributed by atoms with Crippen molar-refractivity contribution in [1.29, 1.82) is 0 Å². The molecule has 50 heavy (non-hydrogen) atoms. The molecule has 14 heteroatoms. The number of likely N-dealkylation sites (tertiary alicyclic amines) is 1. The highest BCUT2D eigenvalue weighted by atomic mass is 16.6. The van der Waals surface area contributed by atoms with Crippen molar-refractivity contribution in [3.8, 4) is 0 Å². The van der Waals surface area contributed by atoms with Gasteiger partial charge in [-0.25, -0.2) is 0 Å². The Morgan fingerprint density at radius 3 is 1.50 bits per heavy atom. The SMILES string of the molecule is C=C1C=CC(=O)N1CCC(=O)NCCOCCOCCOCCOCCOCCOCCOCCOCCC(=O)N1CCC(C(C)(C)C)CC1. The number of ether oxygens (including phenoxy) is 8. The number of hydrogen-bond donors (Lipinski definition) is 1. The van der Waals surface area contributed by atoms with E-state index >= 15 is 0 Å². The third-order valence-corrected chi connectivity index (χ3v) is 8.30. The van der Waals surface area contributed by atoms with Gasteiger partial charge in [0.1, 0.15) is 0 Å². The van der Waals surface area contributed by atoms with Crippen LogP contribution >= 0.6 is 0 Å². The fraction of sp³-hybridized carbons (Fsp3) is 0.806. The maximum Gasteiger partial charge on any atom is 0.251 e. The summed E-state index contributed by atoms with van der Waals surface area (Å²) in [6.45, 7) is 20.4. The van der Waals surface area contributed by atoms with Gasteiger partial charge >= 0.3 is 0 Å². The Balaban J connectivity index is 1.19. The second kappa shape index (κ2) is 27.3. The van der Waals surface area contributed by atoms with Gasteiger partial charge in [-0.3, -0.25) is 14.4 Å². The van der Waals surface area contributed by atoms with Crippen LogP contribution in [-0.4, -0.2) is 159 Å². The van der Waals surface area contributed by atoms with Crippen LogP contribution < -0.4 is 5.32 Å². The number of nitrogens with one attached hydrogen (secondary N) is 1. The molecule has 1 N–H and O–H groups in total. The van der Waals surface area contributed by atoms with Crippen LogP contribution in [0, 0.1) is 11.3 Å². The molecule has 0 radical (unpaired) electrons. The zero-order chi connectivity index (χ0) is 36.3. The van der Waals surface area contributed by atoms with Crippen LogP contribution in [0.25, 0.3) is 0 Å². The third-order valence-electron chi connectivity index (χ3n) is 8.30. The summed E-state index contributed by atoms with van der Waals surface area (Å²) in [6.07, 6.45) is 5.88. The van der Waals surface area contributed by atoms with E-state index in [2.05, 4.69) is 32.7 Å². The molecule has 0 unspecified atom stereocenters. The number of amides is 3. The Morgan fingerprint density at radius 2 is 1.10 bits per heavy atom. The van der Waals surface area contributed by atoms with Crippen LogP contribution in [0.1, 0.15) is 46.5 Å². The molecule has 1 saturated heterocycles. The minimum absolute atomic E-state index is 0.142. The van der Waals surface area contributed by atoms with Crippen molar-refractivity contribution in [2.45, 2.75) is 46.5 Å². The van der Waals surface area contributed by atoms with E-state index in [9.17, 15) is 14.4 Å². The predicted molar refractivity (Wildman–Crippen MR) is 188 cm³/mol. The van der Waals surface area contributed by atoms with Crippen molar-refractivity contribution in [2.24, 2.45) is 11.3 Å². The molecular formula is C36H63N3O11. The maximum absolute atomic E-state index is 12.4. The average Bonchev–Trinajstić information content (AvgIpc) is 3.42. The Bertz CT molecular complexity index is 963. The van der Waals surface area contributed by atoms with E-state index in [1.807, 2.05) is 4.90 Å². The summed E-state index contributed by atoms with van der Waals surface area (Å²) < 4.78 is 43.9. The molecule has 288 valence electrons. The molecule has 0 spiro atoms. The summed E-state index contributed by atoms with van der Waals surface area (Å²) in [5.74, 6) is 0.575. The normalized spacial score (nSPS) is 15.4. The maximum atomic E-state index is 12.4. The van der Waals surface area contributed by atoms with Gasteiger partial charge in [-0.05, 0) is 30.3 Å². The zero-order valence-corrected chi connectivity index (χ0v) is 30.8. The summed E-state index contributed by atoms with van der Waals surface area (Å²) in [7, 11) is 0. The molecule has 1 fully saturated rings. The van der Waals surface area contributed by atoms with Crippen molar-refractivity contribution in [1.82, 2.24) is 15.1 Å². The molecule has 2 rings (SSSR count). The number of carbonyl (C=O) groups excluding carboxylic acids is 3. The van der Waals surface area contributed by atoms with Crippen LogP contribution in [0.3, 0.4) is 0 Å². The quantitative estimate of drug-likeness (QED) is 0.110. The first-order valence-corrected chi connectivity index (χ1v) is 18.0. The van der Waals surface area contributed by atoms with Gasteiger partial charge in [-0.1, -0.05) is 27.4 Å². The zero-order valence-electron chi connectivity index (χ0n) is 30.8. The molecular weight excluding hydrogens is 650 g/mol. The molecule has 14 nitrogen and oxygen atoms in total. The van der Waals surface area contributed by atoms with E-state index in [0.29, 0.717) is 142 Å². The van der Waals surface area contributed by atoms with Gasteiger partial charge in [0.2, 0.25) is 11.8 Å². The molecule has 0 atom stereocenters. The van der Waals surface area contributed by atoms with Crippen molar-refractivity contribution in [3.63, 3.8) is 0 Å². The van der Waals surface area contributed by atoms with E-state index in [4.69, 9.17) is 37.9 Å². The largest absolute Gasteiger partial charge is 0.379 e. The number of hydrogen-bond acceptors (Lipinski definition) is 11. The molecule has 0 aliphatic carbocycles. The van der Waals surface area contributed by atoms with Gasteiger partial charge in [-0.15, -0.1) is 0 Å². The Kier molecular flexibility index (Phi) is 23.8. The van der Waals surface area contributed by atoms with Crippen LogP contribution in [0.4, 0.5) is 0 Å². The molecule has 0 bridgehead atoms. The smallest absolute Gasteiger partial charge is 0.251 e. The van der Waals surface area contributed by atoms with Crippen molar-refractivity contribution < 1.29 is 52.3 Å². The highest BCUT2D eigenvalue weighted by molar-refractivity contribution is 5.93. The van der Waals surface area contributed by atoms with Gasteiger partial charge in [0.15, 0.2) is 0 Å². The van der Waals surface area contributed by atoms with Crippen molar-refractivity contribution in [2.75, 3.05) is 132 Å². The number of allylic oxidation sites excluding steroid dienone is 1. The second-order valence-electron chi connectivity index (χ2n) is 13.1. The summed E-state index contributed by atoms with van der Waals surface area (Å²) in [6, 6.07) is 0. The van der Waals surface area contributed by atoms with E-state index in [-0.39, 0.29) is 24.1 Å². The summed E-state index contributed by atoms with van der Waals surface area (Å²) in [4.78, 5) is 39.3. The van der Waals surface area contributed by atoms with Gasteiger partial charge < -0.3 is 53.0 Å². The van der Waals surface area contributed by atoms with Crippen LogP contribution in [0.5, 0.6) is 0 Å². The first-order chi connectivity index (χ1) is 24.2. The molecule has 2 aliphatic heterocycles. The minimum atomic E-state index is -0.147. The van der Waals surface area contributed by atoms with E-state index in [1.54, 1.807) is 6.08 Å². The summed E-state index contributed by atoms with van der Waals surface area (Å²) in [5, 5.41) is 2.76. The third kappa shape index (κ3) is 21.1. The first kappa shape index (κ1) is 43.7. The Labute approximate surface area is 299 Å². The van der Waals surface area contributed by atoms with E-state index in [0.717, 1.165) is 25.9 Å². The van der Waals surface area contributed by atoms with Crippen LogP contribution in [0.2, 0.25) is 0 Å². The summed E-state index contributed by atoms with van der Waals surface area (Å²) in [5.41, 5.74) is 0.913. The van der Waals surface area contributed by atoms with Gasteiger partial charge in [0.25, 0.3) is 5.91 Å². The monoisotopic (exact) mass is 713 g/mol. The fourth-order valence-electron chi connectivity index (χ4n) is 5.26. The number of nitrogens with zero attached hydrogens (tertiary/aromatic N) is 2. The Morgan fingerprint density at radius 1 is 0.680 bits per heavy atom. The number of rotatable bonds is 30. The lowest BCUT2D eigenvalue weighted by Gasteiger charge is -2.38. The highest BCUT2D eigenvalue weighted by Gasteiger charge is 2.30. The highest BCUT2D eigenvalue weighted by Crippen LogP contribution is 2.34. The van der Waals surface area contributed by atoms with Crippen molar-refractivity contribution >= 4 is 17.7 Å². The summed E-state index contributed by atoms with van der Waals surface area (Å²) >= 11 is 0. The first-order valence-electron chi connectivity index (χ1n) is 18.0. The van der Waals surface area contributed by atoms with Crippen LogP contribution in [0.15, 0.2) is 24.4 Å². The molecule has 3 amide bonds. The Hall–Kier alpha value is -2.43. The number of piperidine rings is 1. The molecule has 2 heterocycles. The molecule has 0 aromatic rings. The minimum Gasteiger partial charge on any atom is -0.379 e. The van der Waals surface area contributed by atoms with E-state index in [1.165, 1.54) is 11.0 Å². The van der Waals surface area contributed by atoms with E-state index < -0.39 is 0 Å². The van der Waals surface area contributed by atoms with Crippen molar-refractivity contribution in [3.05, 3.63) is 24.4 Å². The van der Waals surface area contributed by atoms with Gasteiger partial charge in [-0.2, -0.15) is 0 Å². The topological polar surface area (TPSA) is 144 Å². The fourth-order valence-corrected chi connectivity index (χ4v) is 5.26. The van der Waals surface area contributed by atoms with Gasteiger partial charge in [0.05, 0.1) is 112 Å². The average molecular weight is 714 g/mol. The van der Waals surface area contributed by atoms with Gasteiger partial charge in [0, 0.05) is 44.4 Å². The second-order valence-corrected chi connectivity index (χ2v) is 13.1. The molecule has 2 aliphatic rings. The molecule has 0 aromatic carbocycles. The lowest BCUT2D eigenvalue weighted by molar-refractivity contribution is -0.134. The predicted octanol–water partition coefficient (Wildman–Crippen LogP) is 2.21. The standard InChI is InChI=1S/C36H63N3O11/c1-31-5-6-35(42)39(31)14-9-33(40)37-11-16-44-18-20-46-22-24-48-26-28-50-30-29-49-27-25-47-23-21-45-19-17-43-15-10-34(41)38-12-7-32(8-13-38)36(2,3)4/h5-6,32H,1,7-30H2,2-4H3,(H,37,40). The lowest BCUT2D eigenvalue weighted by atomic mass is 9.75. The number of carbonyl (C=O) groups is 3. The molecule has 0 saturated carbocycles.